The first kappa shape index (κ1) is 12.8. The number of fused-ring (bicyclic) bond motifs is 1. The molecule has 0 amide bonds. The van der Waals surface area contributed by atoms with E-state index in [2.05, 4.69) is 5.32 Å². The van der Waals surface area contributed by atoms with Gasteiger partial charge in [-0.2, -0.15) is 0 Å². The minimum absolute atomic E-state index is 0.152. The molecule has 1 aliphatic heterocycles. The summed E-state index contributed by atoms with van der Waals surface area (Å²) < 4.78 is 18.6. The maximum absolute atomic E-state index is 13.0. The minimum atomic E-state index is -0.997. The van der Waals surface area contributed by atoms with E-state index < -0.39 is 11.5 Å². The van der Waals surface area contributed by atoms with Crippen LogP contribution in [-0.4, -0.2) is 29.3 Å². The molecule has 4 nitrogen and oxygen atoms in total. The van der Waals surface area contributed by atoms with E-state index in [1.807, 2.05) is 0 Å². The fourth-order valence-corrected chi connectivity index (χ4v) is 1.85. The van der Waals surface area contributed by atoms with Crippen molar-refractivity contribution in [2.24, 2.45) is 0 Å². The molecule has 2 N–H and O–H groups in total. The Labute approximate surface area is 105 Å². The number of carbonyl (C=O) groups is 1. The zero-order valence-electron chi connectivity index (χ0n) is 10.4. The lowest BCUT2D eigenvalue weighted by atomic mass is 10.1. The van der Waals surface area contributed by atoms with Gasteiger partial charge in [-0.25, -0.2) is 4.39 Å². The van der Waals surface area contributed by atoms with Gasteiger partial charge in [0.15, 0.2) is 0 Å². The van der Waals surface area contributed by atoms with Crippen LogP contribution in [0, 0.1) is 5.82 Å². The van der Waals surface area contributed by atoms with Gasteiger partial charge >= 0.3 is 5.97 Å². The molecule has 0 saturated carbocycles. The average molecular weight is 253 g/mol. The third-order valence-electron chi connectivity index (χ3n) is 3.07. The molecule has 0 radical (unpaired) electrons. The Bertz CT molecular complexity index is 473. The number of hydrogen-bond acceptors (Lipinski definition) is 3. The molecule has 5 heteroatoms. The third-order valence-corrected chi connectivity index (χ3v) is 3.07. The SMILES string of the molecule is CC(C)(NCC1Cc2cc(F)ccc2O1)C(=O)O. The molecule has 0 aliphatic carbocycles. The lowest BCUT2D eigenvalue weighted by Crippen LogP contribution is -2.50. The van der Waals surface area contributed by atoms with Gasteiger partial charge in [-0.05, 0) is 32.0 Å². The summed E-state index contributed by atoms with van der Waals surface area (Å²) in [6, 6.07) is 4.42. The van der Waals surface area contributed by atoms with Crippen molar-refractivity contribution in [2.75, 3.05) is 6.54 Å². The summed E-state index contributed by atoms with van der Waals surface area (Å²) in [6.07, 6.45) is 0.441. The van der Waals surface area contributed by atoms with Crippen molar-refractivity contribution < 1.29 is 19.0 Å². The van der Waals surface area contributed by atoms with Crippen molar-refractivity contribution in [2.45, 2.75) is 31.9 Å². The van der Waals surface area contributed by atoms with Gasteiger partial charge < -0.3 is 9.84 Å². The largest absolute Gasteiger partial charge is 0.488 e. The Hall–Kier alpha value is -1.62. The highest BCUT2D eigenvalue weighted by Crippen LogP contribution is 2.29. The second kappa shape index (κ2) is 4.57. The predicted molar refractivity (Wildman–Crippen MR) is 64.2 cm³/mol. The van der Waals surface area contributed by atoms with Crippen LogP contribution in [0.2, 0.25) is 0 Å². The summed E-state index contributed by atoms with van der Waals surface area (Å²) in [5.74, 6) is -0.516. The minimum Gasteiger partial charge on any atom is -0.488 e. The smallest absolute Gasteiger partial charge is 0.323 e. The highest BCUT2D eigenvalue weighted by atomic mass is 19.1. The number of nitrogens with one attached hydrogen (secondary N) is 1. The van der Waals surface area contributed by atoms with Gasteiger partial charge in [0, 0.05) is 18.5 Å². The van der Waals surface area contributed by atoms with Crippen LogP contribution in [0.3, 0.4) is 0 Å². The zero-order valence-corrected chi connectivity index (χ0v) is 10.4. The number of benzene rings is 1. The third kappa shape index (κ3) is 2.61. The van der Waals surface area contributed by atoms with Crippen LogP contribution in [-0.2, 0) is 11.2 Å². The van der Waals surface area contributed by atoms with E-state index in [1.165, 1.54) is 12.1 Å². The predicted octanol–water partition coefficient (Wildman–Crippen LogP) is 1.58. The van der Waals surface area contributed by atoms with Crippen molar-refractivity contribution in [3.05, 3.63) is 29.6 Å². The summed E-state index contributed by atoms with van der Waals surface area (Å²) in [4.78, 5) is 10.9. The molecule has 1 aliphatic rings. The van der Waals surface area contributed by atoms with Crippen LogP contribution in [0.5, 0.6) is 5.75 Å². The lowest BCUT2D eigenvalue weighted by Gasteiger charge is -2.23. The molecule has 0 saturated heterocycles. The molecule has 1 unspecified atom stereocenters. The quantitative estimate of drug-likeness (QED) is 0.855. The summed E-state index contributed by atoms with van der Waals surface area (Å²) in [5, 5.41) is 11.9. The fraction of sp³-hybridized carbons (Fsp3) is 0.462. The Kier molecular flexibility index (Phi) is 3.26. The normalized spacial score (nSPS) is 18.3. The van der Waals surface area contributed by atoms with E-state index in [0.29, 0.717) is 18.7 Å². The molecule has 18 heavy (non-hydrogen) atoms. The van der Waals surface area contributed by atoms with Crippen LogP contribution >= 0.6 is 0 Å². The van der Waals surface area contributed by atoms with E-state index in [1.54, 1.807) is 19.9 Å². The van der Waals surface area contributed by atoms with Crippen LogP contribution in [0.15, 0.2) is 18.2 Å². The lowest BCUT2D eigenvalue weighted by molar-refractivity contribution is -0.143. The number of aliphatic carboxylic acids is 1. The first-order chi connectivity index (χ1) is 8.38. The highest BCUT2D eigenvalue weighted by molar-refractivity contribution is 5.77. The number of rotatable bonds is 4. The van der Waals surface area contributed by atoms with Gasteiger partial charge in [-0.1, -0.05) is 0 Å². The zero-order chi connectivity index (χ0) is 13.3. The molecule has 0 spiro atoms. The summed E-state index contributed by atoms with van der Waals surface area (Å²) >= 11 is 0. The highest BCUT2D eigenvalue weighted by Gasteiger charge is 2.30. The van der Waals surface area contributed by atoms with Gasteiger partial charge in [0.1, 0.15) is 23.2 Å². The molecule has 1 aromatic rings. The number of ether oxygens (including phenoxy) is 1. The summed E-state index contributed by atoms with van der Waals surface area (Å²) in [5.41, 5.74) is -0.168. The van der Waals surface area contributed by atoms with Crippen molar-refractivity contribution >= 4 is 5.97 Å². The molecule has 0 bridgehead atoms. The molecule has 98 valence electrons. The molecule has 1 aromatic carbocycles. The Morgan fingerprint density at radius 1 is 1.61 bits per heavy atom. The Balaban J connectivity index is 1.94. The monoisotopic (exact) mass is 253 g/mol. The molecule has 0 aromatic heterocycles. The molecule has 1 heterocycles. The molecule has 0 fully saturated rings. The summed E-state index contributed by atoms with van der Waals surface area (Å²) in [6.45, 7) is 3.60. The van der Waals surface area contributed by atoms with Crippen molar-refractivity contribution in [3.8, 4) is 5.75 Å². The first-order valence-corrected chi connectivity index (χ1v) is 5.82. The maximum atomic E-state index is 13.0. The molecule has 2 rings (SSSR count). The van der Waals surface area contributed by atoms with Crippen LogP contribution in [0.4, 0.5) is 4.39 Å². The van der Waals surface area contributed by atoms with Crippen LogP contribution < -0.4 is 10.1 Å². The second-order valence-electron chi connectivity index (χ2n) is 5.01. The number of carboxylic acids is 1. The number of carboxylic acid groups (broad SMARTS) is 1. The van der Waals surface area contributed by atoms with Crippen molar-refractivity contribution in [3.63, 3.8) is 0 Å². The van der Waals surface area contributed by atoms with Gasteiger partial charge in [0.05, 0.1) is 0 Å². The van der Waals surface area contributed by atoms with Gasteiger partial charge in [-0.15, -0.1) is 0 Å². The second-order valence-corrected chi connectivity index (χ2v) is 5.01. The Morgan fingerprint density at radius 3 is 3.00 bits per heavy atom. The molecular weight excluding hydrogens is 237 g/mol. The summed E-state index contributed by atoms with van der Waals surface area (Å²) in [7, 11) is 0. The van der Waals surface area contributed by atoms with Gasteiger partial charge in [-0.3, -0.25) is 10.1 Å². The Morgan fingerprint density at radius 2 is 2.33 bits per heavy atom. The van der Waals surface area contributed by atoms with E-state index in [9.17, 15) is 9.18 Å². The number of halogens is 1. The van der Waals surface area contributed by atoms with E-state index >= 15 is 0 Å². The van der Waals surface area contributed by atoms with E-state index in [4.69, 9.17) is 9.84 Å². The van der Waals surface area contributed by atoms with E-state index in [-0.39, 0.29) is 11.9 Å². The fourth-order valence-electron chi connectivity index (χ4n) is 1.85. The first-order valence-electron chi connectivity index (χ1n) is 5.82. The number of hydrogen-bond donors (Lipinski definition) is 2. The van der Waals surface area contributed by atoms with Gasteiger partial charge in [0.2, 0.25) is 0 Å². The van der Waals surface area contributed by atoms with E-state index in [0.717, 1.165) is 5.56 Å². The standard InChI is InChI=1S/C13H16FNO3/c1-13(2,12(16)17)15-7-10-6-8-5-9(14)3-4-11(8)18-10/h3-5,10,15H,6-7H2,1-2H3,(H,16,17). The maximum Gasteiger partial charge on any atom is 0.323 e. The topological polar surface area (TPSA) is 58.6 Å². The molecule has 1 atom stereocenters. The van der Waals surface area contributed by atoms with Crippen LogP contribution in [0.1, 0.15) is 19.4 Å². The van der Waals surface area contributed by atoms with Crippen molar-refractivity contribution in [1.29, 1.82) is 0 Å². The van der Waals surface area contributed by atoms with Crippen molar-refractivity contribution in [1.82, 2.24) is 5.32 Å². The van der Waals surface area contributed by atoms with Gasteiger partial charge in [0.25, 0.3) is 0 Å². The average Bonchev–Trinajstić information content (AvgIpc) is 2.68. The van der Waals surface area contributed by atoms with Crippen LogP contribution in [0.25, 0.3) is 0 Å². The molecular formula is C13H16FNO3.